The molecule has 0 amide bonds. The Morgan fingerprint density at radius 3 is 2.90 bits per heavy atom. The van der Waals surface area contributed by atoms with Gasteiger partial charge in [0.15, 0.2) is 0 Å². The zero-order chi connectivity index (χ0) is 7.40. The Hall–Kier alpha value is -1.31. The summed E-state index contributed by atoms with van der Waals surface area (Å²) in [5, 5.41) is 0. The van der Waals surface area contributed by atoms with Gasteiger partial charge in [-0.1, -0.05) is 18.7 Å². The van der Waals surface area contributed by atoms with E-state index in [0.29, 0.717) is 5.57 Å². The predicted molar refractivity (Wildman–Crippen MR) is 38.4 cm³/mol. The zero-order valence-electron chi connectivity index (χ0n) is 5.54. The highest BCUT2D eigenvalue weighted by atomic mass is 16.5. The molecule has 2 heteroatoms. The second-order valence-electron chi connectivity index (χ2n) is 1.87. The van der Waals surface area contributed by atoms with E-state index in [4.69, 9.17) is 4.74 Å². The average Bonchev–Trinajstić information content (AvgIpc) is 1.79. The van der Waals surface area contributed by atoms with Crippen molar-refractivity contribution in [3.63, 3.8) is 0 Å². The summed E-state index contributed by atoms with van der Waals surface area (Å²) in [6.45, 7) is 3.70. The monoisotopic (exact) mass is 136 g/mol. The number of ether oxygens (including phenoxy) is 1. The number of esters is 1. The van der Waals surface area contributed by atoms with Gasteiger partial charge in [0.05, 0.1) is 5.57 Å². The molecule has 0 fully saturated rings. The van der Waals surface area contributed by atoms with Crippen LogP contribution in [-0.4, -0.2) is 12.6 Å². The van der Waals surface area contributed by atoms with Crippen LogP contribution in [0.5, 0.6) is 0 Å². The van der Waals surface area contributed by atoms with Crippen LogP contribution in [0.25, 0.3) is 0 Å². The summed E-state index contributed by atoms with van der Waals surface area (Å²) in [6.07, 6.45) is 6.77. The Bertz CT molecular complexity index is 211. The van der Waals surface area contributed by atoms with E-state index in [2.05, 4.69) is 6.58 Å². The van der Waals surface area contributed by atoms with Gasteiger partial charge in [-0.15, -0.1) is 0 Å². The highest BCUT2D eigenvalue weighted by Gasteiger charge is 2.09. The van der Waals surface area contributed by atoms with Crippen LogP contribution in [0.3, 0.4) is 0 Å². The van der Waals surface area contributed by atoms with Crippen molar-refractivity contribution in [2.75, 3.05) is 6.61 Å². The van der Waals surface area contributed by atoms with Crippen LogP contribution in [0.1, 0.15) is 0 Å². The van der Waals surface area contributed by atoms with E-state index in [0.717, 1.165) is 0 Å². The van der Waals surface area contributed by atoms with Crippen LogP contribution in [0.15, 0.2) is 36.5 Å². The largest absolute Gasteiger partial charge is 0.458 e. The Morgan fingerprint density at radius 2 is 2.50 bits per heavy atom. The molecular formula is C8H8O2. The van der Waals surface area contributed by atoms with Crippen LogP contribution in [-0.2, 0) is 9.53 Å². The first-order valence-corrected chi connectivity index (χ1v) is 3.01. The van der Waals surface area contributed by atoms with E-state index in [-0.39, 0.29) is 12.6 Å². The normalized spacial score (nSPS) is 13.4. The van der Waals surface area contributed by atoms with Gasteiger partial charge in [0.2, 0.25) is 0 Å². The molecule has 0 saturated carbocycles. The molecule has 52 valence electrons. The molecule has 0 unspecified atom stereocenters. The van der Waals surface area contributed by atoms with Crippen molar-refractivity contribution < 1.29 is 9.53 Å². The average molecular weight is 136 g/mol. The summed E-state index contributed by atoms with van der Waals surface area (Å²) in [5.74, 6) is -0.276. The van der Waals surface area contributed by atoms with E-state index in [1.54, 1.807) is 24.3 Å². The van der Waals surface area contributed by atoms with Gasteiger partial charge in [0.25, 0.3) is 0 Å². The molecule has 0 spiro atoms. The minimum Gasteiger partial charge on any atom is -0.458 e. The molecule has 0 heterocycles. The summed E-state index contributed by atoms with van der Waals surface area (Å²) < 4.78 is 4.72. The van der Waals surface area contributed by atoms with Crippen molar-refractivity contribution >= 4 is 5.97 Å². The maximum atomic E-state index is 10.8. The van der Waals surface area contributed by atoms with Gasteiger partial charge in [0, 0.05) is 0 Å². The van der Waals surface area contributed by atoms with Crippen LogP contribution >= 0.6 is 0 Å². The molecule has 0 atom stereocenters. The Balaban J connectivity index is 2.28. The summed E-state index contributed by atoms with van der Waals surface area (Å²) in [5.41, 5.74) is 0.627. The van der Waals surface area contributed by atoms with Crippen molar-refractivity contribution in [1.29, 1.82) is 0 Å². The van der Waals surface area contributed by atoms with Gasteiger partial charge >= 0.3 is 5.97 Å². The lowest BCUT2D eigenvalue weighted by atomic mass is 10.1. The smallest absolute Gasteiger partial charge is 0.338 e. The van der Waals surface area contributed by atoms with Gasteiger partial charge in [-0.3, -0.25) is 0 Å². The van der Waals surface area contributed by atoms with Gasteiger partial charge in [0.1, 0.15) is 6.61 Å². The van der Waals surface area contributed by atoms with Crippen molar-refractivity contribution in [3.8, 4) is 0 Å². The Kier molecular flexibility index (Phi) is 2.05. The van der Waals surface area contributed by atoms with E-state index >= 15 is 0 Å². The van der Waals surface area contributed by atoms with Crippen molar-refractivity contribution in [2.24, 2.45) is 0 Å². The second-order valence-corrected chi connectivity index (χ2v) is 1.87. The fraction of sp³-hybridized carbons (Fsp3) is 0.125. The number of rotatable bonds is 3. The molecule has 1 aliphatic carbocycles. The standard InChI is InChI=1S/C8H8O2/c1-2-6-10-8(9)7-4-3-5-7/h2-5H,1,6H2. The first kappa shape index (κ1) is 6.81. The number of carbonyl (C=O) groups excluding carboxylic acids is 1. The maximum absolute atomic E-state index is 10.8. The fourth-order valence-electron chi connectivity index (χ4n) is 0.546. The lowest BCUT2D eigenvalue weighted by Crippen LogP contribution is -2.08. The molecule has 0 saturated heterocycles. The van der Waals surface area contributed by atoms with Crippen LogP contribution in [0, 0.1) is 0 Å². The molecule has 1 aliphatic rings. The van der Waals surface area contributed by atoms with Crippen molar-refractivity contribution in [2.45, 2.75) is 0 Å². The lowest BCUT2D eigenvalue weighted by Gasteiger charge is -2.04. The van der Waals surface area contributed by atoms with Crippen molar-refractivity contribution in [1.82, 2.24) is 0 Å². The van der Waals surface area contributed by atoms with E-state index in [1.807, 2.05) is 0 Å². The van der Waals surface area contributed by atoms with Gasteiger partial charge in [-0.25, -0.2) is 4.79 Å². The van der Waals surface area contributed by atoms with Crippen LogP contribution < -0.4 is 0 Å². The lowest BCUT2D eigenvalue weighted by molar-refractivity contribution is -0.137. The number of carbonyl (C=O) groups is 1. The maximum Gasteiger partial charge on any atom is 0.338 e. The Morgan fingerprint density at radius 1 is 1.80 bits per heavy atom. The zero-order valence-corrected chi connectivity index (χ0v) is 5.54. The third-order valence-corrected chi connectivity index (χ3v) is 1.12. The Labute approximate surface area is 59.5 Å². The van der Waals surface area contributed by atoms with Crippen LogP contribution in [0.2, 0.25) is 0 Å². The minimum atomic E-state index is -0.276. The molecule has 0 bridgehead atoms. The molecule has 0 N–H and O–H groups in total. The van der Waals surface area contributed by atoms with E-state index < -0.39 is 0 Å². The molecule has 0 aromatic rings. The molecule has 1 rings (SSSR count). The first-order chi connectivity index (χ1) is 4.84. The molecule has 0 aromatic carbocycles. The highest BCUT2D eigenvalue weighted by molar-refractivity contribution is 5.94. The van der Waals surface area contributed by atoms with E-state index in [9.17, 15) is 4.79 Å². The third-order valence-electron chi connectivity index (χ3n) is 1.12. The molecule has 10 heavy (non-hydrogen) atoms. The first-order valence-electron chi connectivity index (χ1n) is 3.01. The second kappa shape index (κ2) is 3.01. The topological polar surface area (TPSA) is 26.3 Å². The summed E-state index contributed by atoms with van der Waals surface area (Å²) in [6, 6.07) is 0. The van der Waals surface area contributed by atoms with Crippen LogP contribution in [0.4, 0.5) is 0 Å². The summed E-state index contributed by atoms with van der Waals surface area (Å²) >= 11 is 0. The summed E-state index contributed by atoms with van der Waals surface area (Å²) in [4.78, 5) is 10.8. The molecular weight excluding hydrogens is 128 g/mol. The number of allylic oxidation sites excluding steroid dienone is 2. The highest BCUT2D eigenvalue weighted by Crippen LogP contribution is 2.08. The predicted octanol–water partition coefficient (Wildman–Crippen LogP) is 1.21. The number of hydrogen-bond acceptors (Lipinski definition) is 2. The molecule has 2 nitrogen and oxygen atoms in total. The molecule has 0 radical (unpaired) electrons. The third kappa shape index (κ3) is 1.35. The van der Waals surface area contributed by atoms with E-state index in [1.165, 1.54) is 0 Å². The molecule has 0 aliphatic heterocycles. The van der Waals surface area contributed by atoms with Crippen molar-refractivity contribution in [3.05, 3.63) is 36.5 Å². The summed E-state index contributed by atoms with van der Waals surface area (Å²) in [7, 11) is 0. The fourth-order valence-corrected chi connectivity index (χ4v) is 0.546. The van der Waals surface area contributed by atoms with Gasteiger partial charge in [-0.2, -0.15) is 0 Å². The quantitative estimate of drug-likeness (QED) is 0.430. The molecule has 0 aromatic heterocycles. The number of hydrogen-bond donors (Lipinski definition) is 0. The van der Waals surface area contributed by atoms with Gasteiger partial charge < -0.3 is 4.74 Å². The minimum absolute atomic E-state index is 0.276. The SMILES string of the molecule is C=CCOC(=O)C1=CC=C1. The van der Waals surface area contributed by atoms with Gasteiger partial charge in [-0.05, 0) is 12.2 Å².